The number of ether oxygens (including phenoxy) is 2. The molecule has 0 unspecified atom stereocenters. The maximum absolute atomic E-state index is 12.6. The highest BCUT2D eigenvalue weighted by molar-refractivity contribution is 5.99. The molecular formula is C26H27NO4. The second kappa shape index (κ2) is 9.21. The van der Waals surface area contributed by atoms with Crippen LogP contribution in [0.5, 0.6) is 5.75 Å². The highest BCUT2D eigenvalue weighted by atomic mass is 16.5. The molecule has 3 aromatic carbocycles. The van der Waals surface area contributed by atoms with Crippen LogP contribution in [0.15, 0.2) is 54.6 Å². The molecule has 0 spiro atoms. The van der Waals surface area contributed by atoms with Crippen molar-refractivity contribution in [3.63, 3.8) is 0 Å². The Bertz CT molecular complexity index is 1120. The van der Waals surface area contributed by atoms with Gasteiger partial charge in [0.15, 0.2) is 6.61 Å². The van der Waals surface area contributed by atoms with E-state index in [1.807, 2.05) is 31.2 Å². The third kappa shape index (κ3) is 4.71. The van der Waals surface area contributed by atoms with Crippen molar-refractivity contribution in [2.24, 2.45) is 0 Å². The molecule has 1 aliphatic rings. The molecule has 1 N–H and O–H groups in total. The number of hydrogen-bond donors (Lipinski definition) is 1. The van der Waals surface area contributed by atoms with Gasteiger partial charge < -0.3 is 14.8 Å². The van der Waals surface area contributed by atoms with Crippen LogP contribution in [0.4, 0.5) is 0 Å². The third-order valence-corrected chi connectivity index (χ3v) is 5.87. The first-order valence-electron chi connectivity index (χ1n) is 10.7. The zero-order valence-corrected chi connectivity index (χ0v) is 17.9. The Morgan fingerprint density at radius 1 is 0.968 bits per heavy atom. The molecule has 0 fully saturated rings. The van der Waals surface area contributed by atoms with Gasteiger partial charge in [0.1, 0.15) is 11.3 Å². The fourth-order valence-electron chi connectivity index (χ4n) is 4.15. The summed E-state index contributed by atoms with van der Waals surface area (Å²) >= 11 is 0. The summed E-state index contributed by atoms with van der Waals surface area (Å²) in [6.45, 7) is 1.60. The molecule has 0 aliphatic heterocycles. The highest BCUT2D eigenvalue weighted by Gasteiger charge is 2.18. The van der Waals surface area contributed by atoms with Gasteiger partial charge in [0.2, 0.25) is 0 Å². The summed E-state index contributed by atoms with van der Waals surface area (Å²) in [6.07, 6.45) is 4.68. The summed E-state index contributed by atoms with van der Waals surface area (Å²) in [5.74, 6) is -0.496. The normalized spacial score (nSPS) is 13.9. The molecule has 160 valence electrons. The second-order valence-electron chi connectivity index (χ2n) is 8.00. The number of esters is 1. The molecular weight excluding hydrogens is 390 g/mol. The summed E-state index contributed by atoms with van der Waals surface area (Å²) in [5.41, 5.74) is 4.15. The van der Waals surface area contributed by atoms with Gasteiger partial charge >= 0.3 is 5.97 Å². The maximum Gasteiger partial charge on any atom is 0.342 e. The van der Waals surface area contributed by atoms with Gasteiger partial charge in [-0.05, 0) is 72.2 Å². The first-order valence-corrected chi connectivity index (χ1v) is 10.7. The van der Waals surface area contributed by atoms with Crippen molar-refractivity contribution in [1.82, 2.24) is 5.32 Å². The van der Waals surface area contributed by atoms with E-state index >= 15 is 0 Å². The number of fused-ring (bicyclic) bond motifs is 2. The summed E-state index contributed by atoms with van der Waals surface area (Å²) in [6, 6.07) is 17.5. The SMILES string of the molecule is COc1cc2ccccc2cc1C(=O)OCC(=O)N[C@@H](C)c1ccc2c(c1)CCCC2. The standard InChI is InChI=1S/C26H27NO4/c1-17(19-12-11-18-7-3-4-8-20(18)13-19)27-25(28)16-31-26(29)23-14-21-9-5-6-10-22(21)15-24(23)30-2/h5-6,9-15,17H,3-4,7-8,16H2,1-2H3,(H,27,28)/t17-/m0/s1. The Hall–Kier alpha value is -3.34. The van der Waals surface area contributed by atoms with Crippen molar-refractivity contribution in [3.05, 3.63) is 76.9 Å². The van der Waals surface area contributed by atoms with Crippen LogP contribution in [-0.2, 0) is 22.4 Å². The molecule has 31 heavy (non-hydrogen) atoms. The van der Waals surface area contributed by atoms with Crippen molar-refractivity contribution in [1.29, 1.82) is 0 Å². The summed E-state index contributed by atoms with van der Waals surface area (Å²) in [7, 11) is 1.51. The van der Waals surface area contributed by atoms with Gasteiger partial charge in [-0.2, -0.15) is 0 Å². The highest BCUT2D eigenvalue weighted by Crippen LogP contribution is 2.27. The van der Waals surface area contributed by atoms with Gasteiger partial charge in [-0.1, -0.05) is 42.5 Å². The number of methoxy groups -OCH3 is 1. The van der Waals surface area contributed by atoms with E-state index < -0.39 is 5.97 Å². The van der Waals surface area contributed by atoms with Crippen LogP contribution in [0.2, 0.25) is 0 Å². The molecule has 1 atom stereocenters. The predicted octanol–water partition coefficient (Wildman–Crippen LogP) is 4.76. The summed E-state index contributed by atoms with van der Waals surface area (Å²) in [4.78, 5) is 25.0. The fourth-order valence-corrected chi connectivity index (χ4v) is 4.15. The van der Waals surface area contributed by atoms with Crippen LogP contribution < -0.4 is 10.1 Å². The van der Waals surface area contributed by atoms with Gasteiger partial charge in [0, 0.05) is 0 Å². The van der Waals surface area contributed by atoms with E-state index in [9.17, 15) is 9.59 Å². The average Bonchev–Trinajstić information content (AvgIpc) is 2.81. The van der Waals surface area contributed by atoms with E-state index in [4.69, 9.17) is 9.47 Å². The molecule has 0 heterocycles. The first kappa shape index (κ1) is 20.9. The average molecular weight is 418 g/mol. The largest absolute Gasteiger partial charge is 0.496 e. The quantitative estimate of drug-likeness (QED) is 0.587. The lowest BCUT2D eigenvalue weighted by atomic mass is 9.89. The number of benzene rings is 3. The molecule has 5 heteroatoms. The minimum atomic E-state index is -0.584. The Morgan fingerprint density at radius 3 is 2.42 bits per heavy atom. The number of aryl methyl sites for hydroxylation is 2. The van der Waals surface area contributed by atoms with E-state index in [2.05, 4.69) is 23.5 Å². The van der Waals surface area contributed by atoms with Gasteiger partial charge in [-0.15, -0.1) is 0 Å². The lowest BCUT2D eigenvalue weighted by Gasteiger charge is -2.20. The first-order chi connectivity index (χ1) is 15.0. The minimum absolute atomic E-state index is 0.159. The van der Waals surface area contributed by atoms with Crippen LogP contribution in [0.1, 0.15) is 52.9 Å². The molecule has 5 nitrogen and oxygen atoms in total. The number of carbonyl (C=O) groups is 2. The fraction of sp³-hybridized carbons (Fsp3) is 0.308. The van der Waals surface area contributed by atoms with E-state index in [1.165, 1.54) is 31.1 Å². The Labute approximate surface area is 182 Å². The van der Waals surface area contributed by atoms with Gasteiger partial charge in [0.05, 0.1) is 13.2 Å². The number of amides is 1. The monoisotopic (exact) mass is 417 g/mol. The minimum Gasteiger partial charge on any atom is -0.496 e. The van der Waals surface area contributed by atoms with Crippen molar-refractivity contribution < 1.29 is 19.1 Å². The number of hydrogen-bond acceptors (Lipinski definition) is 4. The van der Waals surface area contributed by atoms with Gasteiger partial charge in [-0.25, -0.2) is 4.79 Å². The predicted molar refractivity (Wildman–Crippen MR) is 120 cm³/mol. The summed E-state index contributed by atoms with van der Waals surface area (Å²) < 4.78 is 10.6. The molecule has 3 aromatic rings. The third-order valence-electron chi connectivity index (χ3n) is 5.87. The summed E-state index contributed by atoms with van der Waals surface area (Å²) in [5, 5.41) is 4.79. The lowest BCUT2D eigenvalue weighted by Crippen LogP contribution is -2.31. The molecule has 0 aromatic heterocycles. The Kier molecular flexibility index (Phi) is 6.21. The molecule has 4 rings (SSSR count). The van der Waals surface area contributed by atoms with Crippen LogP contribution >= 0.6 is 0 Å². The van der Waals surface area contributed by atoms with Crippen LogP contribution in [0.3, 0.4) is 0 Å². The van der Waals surface area contributed by atoms with Crippen LogP contribution in [0, 0.1) is 0 Å². The maximum atomic E-state index is 12.6. The van der Waals surface area contributed by atoms with E-state index in [1.54, 1.807) is 12.1 Å². The van der Waals surface area contributed by atoms with Crippen molar-refractivity contribution >= 4 is 22.6 Å². The van der Waals surface area contributed by atoms with E-state index in [-0.39, 0.29) is 18.6 Å². The molecule has 0 saturated carbocycles. The number of carbonyl (C=O) groups excluding carboxylic acids is 2. The second-order valence-corrected chi connectivity index (χ2v) is 8.00. The van der Waals surface area contributed by atoms with Crippen molar-refractivity contribution in [3.8, 4) is 5.75 Å². The van der Waals surface area contributed by atoms with E-state index in [0.717, 1.165) is 29.2 Å². The molecule has 1 aliphatic carbocycles. The van der Waals surface area contributed by atoms with Crippen LogP contribution in [-0.4, -0.2) is 25.6 Å². The van der Waals surface area contributed by atoms with Crippen molar-refractivity contribution in [2.45, 2.75) is 38.6 Å². The number of rotatable bonds is 6. The molecule has 0 radical (unpaired) electrons. The Balaban J connectivity index is 1.38. The lowest BCUT2D eigenvalue weighted by molar-refractivity contribution is -0.124. The molecule has 0 bridgehead atoms. The van der Waals surface area contributed by atoms with Gasteiger partial charge in [-0.3, -0.25) is 4.79 Å². The van der Waals surface area contributed by atoms with Crippen LogP contribution in [0.25, 0.3) is 10.8 Å². The van der Waals surface area contributed by atoms with Crippen molar-refractivity contribution in [2.75, 3.05) is 13.7 Å². The van der Waals surface area contributed by atoms with Gasteiger partial charge in [0.25, 0.3) is 5.91 Å². The smallest absolute Gasteiger partial charge is 0.342 e. The zero-order chi connectivity index (χ0) is 21.8. The molecule has 0 saturated heterocycles. The number of nitrogens with one attached hydrogen (secondary N) is 1. The van der Waals surface area contributed by atoms with E-state index in [0.29, 0.717) is 11.3 Å². The Morgan fingerprint density at radius 2 is 1.68 bits per heavy atom. The zero-order valence-electron chi connectivity index (χ0n) is 17.9. The topological polar surface area (TPSA) is 64.6 Å². The molecule has 1 amide bonds.